The maximum atomic E-state index is 12.1. The summed E-state index contributed by atoms with van der Waals surface area (Å²) in [6, 6.07) is 7.39. The van der Waals surface area contributed by atoms with Crippen LogP contribution in [0.3, 0.4) is 0 Å². The summed E-state index contributed by atoms with van der Waals surface area (Å²) in [5, 5.41) is 9.10. The van der Waals surface area contributed by atoms with Gasteiger partial charge in [-0.3, -0.25) is 4.72 Å². The number of anilines is 1. The molecular weight excluding hydrogens is 288 g/mol. The summed E-state index contributed by atoms with van der Waals surface area (Å²) in [5.74, 6) is 0. The first kappa shape index (κ1) is 13.3. The number of rotatable bonds is 3. The van der Waals surface area contributed by atoms with Crippen LogP contribution in [0.1, 0.15) is 5.69 Å². The maximum absolute atomic E-state index is 12.1. The Bertz CT molecular complexity index is 738. The number of aromatic nitrogens is 2. The second kappa shape index (κ2) is 5.22. The van der Waals surface area contributed by atoms with Gasteiger partial charge in [0, 0.05) is 6.20 Å². The molecule has 6 nitrogen and oxygen atoms in total. The number of pyridine rings is 2. The number of nitrogens with zero attached hydrogens (tertiary/aromatic N) is 3. The summed E-state index contributed by atoms with van der Waals surface area (Å²) in [5.41, 5.74) is 0.0778. The summed E-state index contributed by atoms with van der Waals surface area (Å²) in [7, 11) is -3.89. The van der Waals surface area contributed by atoms with Gasteiger partial charge in [0.2, 0.25) is 0 Å². The van der Waals surface area contributed by atoms with E-state index >= 15 is 0 Å². The summed E-state index contributed by atoms with van der Waals surface area (Å²) < 4.78 is 26.5. The highest BCUT2D eigenvalue weighted by Gasteiger charge is 2.19. The summed E-state index contributed by atoms with van der Waals surface area (Å²) in [6.07, 6.45) is 2.63. The molecule has 2 aromatic heterocycles. The first-order valence-electron chi connectivity index (χ1n) is 5.02. The van der Waals surface area contributed by atoms with Crippen LogP contribution < -0.4 is 4.72 Å². The van der Waals surface area contributed by atoms with Gasteiger partial charge in [0.15, 0.2) is 5.69 Å². The fourth-order valence-electron chi connectivity index (χ4n) is 1.34. The first-order valence-corrected chi connectivity index (χ1v) is 6.88. The quantitative estimate of drug-likeness (QED) is 0.871. The van der Waals surface area contributed by atoms with E-state index < -0.39 is 10.0 Å². The molecule has 2 aromatic rings. The molecule has 8 heteroatoms. The SMILES string of the molecule is N#Cc1ncccc1S(=O)(=O)Nc1ccc(Cl)nc1. The van der Waals surface area contributed by atoms with E-state index in [0.29, 0.717) is 0 Å². The predicted molar refractivity (Wildman–Crippen MR) is 69.0 cm³/mol. The Balaban J connectivity index is 2.38. The van der Waals surface area contributed by atoms with Crippen molar-refractivity contribution in [3.8, 4) is 6.07 Å². The second-order valence-electron chi connectivity index (χ2n) is 3.44. The van der Waals surface area contributed by atoms with Crippen molar-refractivity contribution in [3.05, 3.63) is 47.5 Å². The molecule has 0 spiro atoms. The molecule has 0 atom stereocenters. The van der Waals surface area contributed by atoms with E-state index in [2.05, 4.69) is 14.7 Å². The van der Waals surface area contributed by atoms with Gasteiger partial charge in [-0.15, -0.1) is 0 Å². The van der Waals surface area contributed by atoms with Crippen molar-refractivity contribution < 1.29 is 8.42 Å². The molecule has 0 saturated heterocycles. The Morgan fingerprint density at radius 2 is 2.05 bits per heavy atom. The molecule has 0 fully saturated rings. The third-order valence-electron chi connectivity index (χ3n) is 2.15. The molecule has 2 heterocycles. The molecule has 0 aromatic carbocycles. The van der Waals surface area contributed by atoms with Gasteiger partial charge in [-0.05, 0) is 24.3 Å². The lowest BCUT2D eigenvalue weighted by molar-refractivity contribution is 0.600. The molecule has 2 rings (SSSR count). The number of nitriles is 1. The molecule has 0 aliphatic rings. The monoisotopic (exact) mass is 294 g/mol. The van der Waals surface area contributed by atoms with Crippen LogP contribution in [-0.4, -0.2) is 18.4 Å². The molecule has 96 valence electrons. The summed E-state index contributed by atoms with van der Waals surface area (Å²) in [4.78, 5) is 7.27. The third-order valence-corrected chi connectivity index (χ3v) is 3.78. The fraction of sp³-hybridized carbons (Fsp3) is 0. The highest BCUT2D eigenvalue weighted by Crippen LogP contribution is 2.18. The Morgan fingerprint density at radius 3 is 2.68 bits per heavy atom. The van der Waals surface area contributed by atoms with Gasteiger partial charge in [0.25, 0.3) is 10.0 Å². The zero-order valence-corrected chi connectivity index (χ0v) is 11.0. The van der Waals surface area contributed by atoms with E-state index in [9.17, 15) is 8.42 Å². The maximum Gasteiger partial charge on any atom is 0.264 e. The minimum atomic E-state index is -3.89. The molecule has 0 amide bonds. The largest absolute Gasteiger partial charge is 0.278 e. The van der Waals surface area contributed by atoms with Crippen LogP contribution in [0.2, 0.25) is 5.15 Å². The molecule has 0 bridgehead atoms. The van der Waals surface area contributed by atoms with Crippen LogP contribution in [0.15, 0.2) is 41.6 Å². The standard InChI is InChI=1S/C11H7ClN4O2S/c12-11-4-3-8(7-15-11)16-19(17,18)10-2-1-5-14-9(10)6-13/h1-5,7,16H. The lowest BCUT2D eigenvalue weighted by Crippen LogP contribution is -2.15. The Labute approximate surface area is 114 Å². The number of hydrogen-bond acceptors (Lipinski definition) is 5. The van der Waals surface area contributed by atoms with Crippen molar-refractivity contribution >= 4 is 27.3 Å². The van der Waals surface area contributed by atoms with Crippen molar-refractivity contribution in [1.82, 2.24) is 9.97 Å². The van der Waals surface area contributed by atoms with E-state index in [-0.39, 0.29) is 21.4 Å². The summed E-state index contributed by atoms with van der Waals surface area (Å²) in [6.45, 7) is 0. The minimum absolute atomic E-state index is 0.170. The van der Waals surface area contributed by atoms with Gasteiger partial charge in [0.05, 0.1) is 11.9 Å². The van der Waals surface area contributed by atoms with E-state index in [4.69, 9.17) is 16.9 Å². The van der Waals surface area contributed by atoms with Crippen molar-refractivity contribution in [1.29, 1.82) is 5.26 Å². The predicted octanol–water partition coefficient (Wildman–Crippen LogP) is 1.80. The number of nitrogens with one attached hydrogen (secondary N) is 1. The Morgan fingerprint density at radius 1 is 1.26 bits per heavy atom. The normalized spacial score (nSPS) is 10.7. The van der Waals surface area contributed by atoms with Crippen LogP contribution in [0.4, 0.5) is 5.69 Å². The van der Waals surface area contributed by atoms with Gasteiger partial charge in [-0.2, -0.15) is 5.26 Å². The van der Waals surface area contributed by atoms with Gasteiger partial charge >= 0.3 is 0 Å². The zero-order chi connectivity index (χ0) is 13.9. The van der Waals surface area contributed by atoms with Crippen LogP contribution >= 0.6 is 11.6 Å². The van der Waals surface area contributed by atoms with Crippen molar-refractivity contribution in [2.24, 2.45) is 0 Å². The van der Waals surface area contributed by atoms with E-state index in [1.54, 1.807) is 6.07 Å². The van der Waals surface area contributed by atoms with Crippen LogP contribution in [-0.2, 0) is 10.0 Å². The Hall–Kier alpha value is -2.17. The topological polar surface area (TPSA) is 95.7 Å². The molecule has 0 saturated carbocycles. The average Bonchev–Trinajstić information content (AvgIpc) is 2.41. The molecule has 0 unspecified atom stereocenters. The molecule has 19 heavy (non-hydrogen) atoms. The van der Waals surface area contributed by atoms with Crippen LogP contribution in [0.25, 0.3) is 0 Å². The second-order valence-corrected chi connectivity index (χ2v) is 5.48. The lowest BCUT2D eigenvalue weighted by Gasteiger charge is -2.08. The third kappa shape index (κ3) is 2.99. The van der Waals surface area contributed by atoms with Gasteiger partial charge in [-0.25, -0.2) is 18.4 Å². The van der Waals surface area contributed by atoms with E-state index in [0.717, 1.165) is 0 Å². The van der Waals surface area contributed by atoms with Crippen LogP contribution in [0, 0.1) is 11.3 Å². The van der Waals surface area contributed by atoms with Crippen molar-refractivity contribution in [2.45, 2.75) is 4.90 Å². The highest BCUT2D eigenvalue weighted by molar-refractivity contribution is 7.92. The van der Waals surface area contributed by atoms with Gasteiger partial charge < -0.3 is 0 Å². The number of hydrogen-bond donors (Lipinski definition) is 1. The molecule has 0 aliphatic carbocycles. The smallest absolute Gasteiger partial charge is 0.264 e. The Kier molecular flexibility index (Phi) is 3.64. The van der Waals surface area contributed by atoms with Crippen molar-refractivity contribution in [3.63, 3.8) is 0 Å². The lowest BCUT2D eigenvalue weighted by atomic mass is 10.4. The fourth-order valence-corrected chi connectivity index (χ4v) is 2.60. The molecular formula is C11H7ClN4O2S. The van der Waals surface area contributed by atoms with Gasteiger partial charge in [0.1, 0.15) is 16.1 Å². The van der Waals surface area contributed by atoms with Crippen LogP contribution in [0.5, 0.6) is 0 Å². The highest BCUT2D eigenvalue weighted by atomic mass is 35.5. The molecule has 1 N–H and O–H groups in total. The van der Waals surface area contributed by atoms with Gasteiger partial charge in [-0.1, -0.05) is 11.6 Å². The van der Waals surface area contributed by atoms with E-state index in [1.807, 2.05) is 0 Å². The summed E-state index contributed by atoms with van der Waals surface area (Å²) >= 11 is 5.61. The number of sulfonamides is 1. The van der Waals surface area contributed by atoms with E-state index in [1.165, 1.54) is 36.7 Å². The number of halogens is 1. The molecule has 0 radical (unpaired) electrons. The molecule has 0 aliphatic heterocycles. The first-order chi connectivity index (χ1) is 9.03. The zero-order valence-electron chi connectivity index (χ0n) is 9.41. The van der Waals surface area contributed by atoms with Crippen molar-refractivity contribution in [2.75, 3.05) is 4.72 Å². The average molecular weight is 295 g/mol. The minimum Gasteiger partial charge on any atom is -0.278 e.